The van der Waals surface area contributed by atoms with Crippen LogP contribution in [-0.4, -0.2) is 11.5 Å². The molecule has 1 aromatic heterocycles. The number of hydrogen-bond donors (Lipinski definition) is 2. The summed E-state index contributed by atoms with van der Waals surface area (Å²) in [5.74, 6) is 0.855. The van der Waals surface area contributed by atoms with Crippen LogP contribution >= 0.6 is 0 Å². The minimum atomic E-state index is 0.445. The third-order valence-electron chi connectivity index (χ3n) is 2.64. The maximum absolute atomic E-state index is 8.63. The highest BCUT2D eigenvalue weighted by molar-refractivity contribution is 5.62. The van der Waals surface area contributed by atoms with Crippen LogP contribution < -0.4 is 10.6 Å². The number of rotatable bonds is 5. The molecule has 1 aromatic carbocycles. The zero-order valence-corrected chi connectivity index (χ0v) is 10.9. The van der Waals surface area contributed by atoms with Crippen LogP contribution in [0.1, 0.15) is 12.5 Å². The van der Waals surface area contributed by atoms with Gasteiger partial charge in [0.2, 0.25) is 0 Å². The summed E-state index contributed by atoms with van der Waals surface area (Å²) >= 11 is 0. The second-order valence-corrected chi connectivity index (χ2v) is 4.12. The fraction of sp³-hybridized carbons (Fsp3) is 0.200. The molecule has 0 aliphatic rings. The van der Waals surface area contributed by atoms with E-state index in [9.17, 15) is 0 Å². The first-order chi connectivity index (χ1) is 9.31. The Morgan fingerprint density at radius 1 is 1.16 bits per heavy atom. The van der Waals surface area contributed by atoms with Crippen molar-refractivity contribution in [3.63, 3.8) is 0 Å². The summed E-state index contributed by atoms with van der Waals surface area (Å²) in [4.78, 5) is 4.22. The third kappa shape index (κ3) is 3.71. The highest BCUT2D eigenvalue weighted by Gasteiger charge is 1.98. The molecular formula is C15H16N4. The molecule has 2 rings (SSSR count). The predicted octanol–water partition coefficient (Wildman–Crippen LogP) is 3.32. The molecule has 0 saturated carbocycles. The molecule has 0 radical (unpaired) electrons. The van der Waals surface area contributed by atoms with Gasteiger partial charge in [-0.2, -0.15) is 5.26 Å². The Morgan fingerprint density at radius 3 is 2.63 bits per heavy atom. The number of pyridine rings is 1. The lowest BCUT2D eigenvalue weighted by Crippen LogP contribution is -1.99. The molecule has 0 fully saturated rings. The maximum Gasteiger partial charge on any atom is 0.127 e. The van der Waals surface area contributed by atoms with E-state index in [-0.39, 0.29) is 0 Å². The van der Waals surface area contributed by atoms with Crippen LogP contribution in [0.25, 0.3) is 0 Å². The van der Waals surface area contributed by atoms with Crippen molar-refractivity contribution in [2.75, 3.05) is 17.2 Å². The lowest BCUT2D eigenvalue weighted by Gasteiger charge is -2.08. The highest BCUT2D eigenvalue weighted by atomic mass is 15.0. The standard InChI is InChI=1S/C15H16N4/c1-2-17-15-11-14(8-10-18-15)19-13-5-3-12(4-6-13)7-9-16/h3-6,8,10-11H,2,7H2,1H3,(H2,17,18,19). The Kier molecular flexibility index (Phi) is 4.35. The van der Waals surface area contributed by atoms with E-state index in [1.165, 1.54) is 0 Å². The van der Waals surface area contributed by atoms with Gasteiger partial charge in [-0.3, -0.25) is 0 Å². The summed E-state index contributed by atoms with van der Waals surface area (Å²) in [6.07, 6.45) is 2.21. The average molecular weight is 252 g/mol. The molecule has 0 atom stereocenters. The number of nitrogens with zero attached hydrogens (tertiary/aromatic N) is 2. The first-order valence-corrected chi connectivity index (χ1v) is 6.24. The van der Waals surface area contributed by atoms with Gasteiger partial charge in [-0.1, -0.05) is 12.1 Å². The first-order valence-electron chi connectivity index (χ1n) is 6.24. The molecule has 0 spiro atoms. The maximum atomic E-state index is 8.63. The van der Waals surface area contributed by atoms with Gasteiger partial charge in [0.25, 0.3) is 0 Å². The molecular weight excluding hydrogens is 236 g/mol. The van der Waals surface area contributed by atoms with Crippen molar-refractivity contribution in [2.24, 2.45) is 0 Å². The summed E-state index contributed by atoms with van der Waals surface area (Å²) in [5.41, 5.74) is 3.01. The molecule has 0 unspecified atom stereocenters. The molecule has 4 nitrogen and oxygen atoms in total. The summed E-state index contributed by atoms with van der Waals surface area (Å²) in [5, 5.41) is 15.1. The zero-order valence-electron chi connectivity index (χ0n) is 10.9. The van der Waals surface area contributed by atoms with Gasteiger partial charge in [0, 0.05) is 30.2 Å². The minimum Gasteiger partial charge on any atom is -0.370 e. The molecule has 96 valence electrons. The minimum absolute atomic E-state index is 0.445. The summed E-state index contributed by atoms with van der Waals surface area (Å²) in [7, 11) is 0. The van der Waals surface area contributed by atoms with Gasteiger partial charge < -0.3 is 10.6 Å². The summed E-state index contributed by atoms with van der Waals surface area (Å²) in [6, 6.07) is 13.9. The van der Waals surface area contributed by atoms with Crippen molar-refractivity contribution < 1.29 is 0 Å². The van der Waals surface area contributed by atoms with Gasteiger partial charge in [-0.05, 0) is 30.7 Å². The van der Waals surface area contributed by atoms with Crippen molar-refractivity contribution >= 4 is 17.2 Å². The molecule has 0 aliphatic heterocycles. The van der Waals surface area contributed by atoms with E-state index in [4.69, 9.17) is 5.26 Å². The Balaban J connectivity index is 2.08. The Labute approximate surface area is 113 Å². The van der Waals surface area contributed by atoms with E-state index in [0.717, 1.165) is 29.3 Å². The number of benzene rings is 1. The number of nitriles is 1. The van der Waals surface area contributed by atoms with E-state index in [2.05, 4.69) is 21.7 Å². The topological polar surface area (TPSA) is 60.7 Å². The molecule has 1 heterocycles. The van der Waals surface area contributed by atoms with E-state index >= 15 is 0 Å². The summed E-state index contributed by atoms with van der Waals surface area (Å²) in [6.45, 7) is 2.88. The van der Waals surface area contributed by atoms with Gasteiger partial charge in [-0.25, -0.2) is 4.98 Å². The Hall–Kier alpha value is -2.54. The molecule has 19 heavy (non-hydrogen) atoms. The van der Waals surface area contributed by atoms with Gasteiger partial charge in [0.15, 0.2) is 0 Å². The Morgan fingerprint density at radius 2 is 1.95 bits per heavy atom. The number of anilines is 3. The quantitative estimate of drug-likeness (QED) is 0.857. The van der Waals surface area contributed by atoms with Crippen molar-refractivity contribution in [1.29, 1.82) is 5.26 Å². The van der Waals surface area contributed by atoms with Crippen LogP contribution in [0.5, 0.6) is 0 Å². The van der Waals surface area contributed by atoms with Crippen LogP contribution in [0, 0.1) is 11.3 Å². The van der Waals surface area contributed by atoms with Crippen LogP contribution in [0.15, 0.2) is 42.6 Å². The lowest BCUT2D eigenvalue weighted by molar-refractivity contribution is 1.16. The van der Waals surface area contributed by atoms with Crippen LogP contribution in [0.3, 0.4) is 0 Å². The van der Waals surface area contributed by atoms with Gasteiger partial charge in [0.1, 0.15) is 5.82 Å². The van der Waals surface area contributed by atoms with Crippen molar-refractivity contribution in [3.8, 4) is 6.07 Å². The van der Waals surface area contributed by atoms with Crippen molar-refractivity contribution in [3.05, 3.63) is 48.2 Å². The van der Waals surface area contributed by atoms with Crippen LogP contribution in [0.2, 0.25) is 0 Å². The normalized spacial score (nSPS) is 9.68. The lowest BCUT2D eigenvalue weighted by atomic mass is 10.1. The van der Waals surface area contributed by atoms with Crippen LogP contribution in [0.4, 0.5) is 17.2 Å². The molecule has 4 heteroatoms. The second kappa shape index (κ2) is 6.41. The van der Waals surface area contributed by atoms with Crippen molar-refractivity contribution in [1.82, 2.24) is 4.98 Å². The zero-order chi connectivity index (χ0) is 13.5. The first kappa shape index (κ1) is 12.9. The molecule has 2 aromatic rings. The number of nitrogens with one attached hydrogen (secondary N) is 2. The predicted molar refractivity (Wildman–Crippen MR) is 77.4 cm³/mol. The highest BCUT2D eigenvalue weighted by Crippen LogP contribution is 2.19. The van der Waals surface area contributed by atoms with Crippen molar-refractivity contribution in [2.45, 2.75) is 13.3 Å². The number of aromatic nitrogens is 1. The fourth-order valence-corrected chi connectivity index (χ4v) is 1.75. The fourth-order valence-electron chi connectivity index (χ4n) is 1.75. The van der Waals surface area contributed by atoms with Gasteiger partial charge >= 0.3 is 0 Å². The van der Waals surface area contributed by atoms with E-state index in [0.29, 0.717) is 6.42 Å². The SMILES string of the molecule is CCNc1cc(Nc2ccc(CC#N)cc2)ccn1. The molecule has 0 bridgehead atoms. The van der Waals surface area contributed by atoms with E-state index < -0.39 is 0 Å². The van der Waals surface area contributed by atoms with Crippen LogP contribution in [-0.2, 0) is 6.42 Å². The average Bonchev–Trinajstić information content (AvgIpc) is 2.42. The monoisotopic (exact) mass is 252 g/mol. The number of hydrogen-bond acceptors (Lipinski definition) is 4. The largest absolute Gasteiger partial charge is 0.370 e. The molecule has 0 amide bonds. The van der Waals surface area contributed by atoms with E-state index in [1.54, 1.807) is 6.20 Å². The summed E-state index contributed by atoms with van der Waals surface area (Å²) < 4.78 is 0. The van der Waals surface area contributed by atoms with Gasteiger partial charge in [0.05, 0.1) is 12.5 Å². The molecule has 0 saturated heterocycles. The van der Waals surface area contributed by atoms with E-state index in [1.807, 2.05) is 43.3 Å². The Bertz CT molecular complexity index is 569. The molecule has 0 aliphatic carbocycles. The third-order valence-corrected chi connectivity index (χ3v) is 2.64. The molecule has 2 N–H and O–H groups in total. The smallest absolute Gasteiger partial charge is 0.127 e. The second-order valence-electron chi connectivity index (χ2n) is 4.12. The van der Waals surface area contributed by atoms with Gasteiger partial charge in [-0.15, -0.1) is 0 Å².